The van der Waals surface area contributed by atoms with Crippen molar-refractivity contribution in [3.63, 3.8) is 0 Å². The van der Waals surface area contributed by atoms with E-state index in [1.54, 1.807) is 0 Å². The van der Waals surface area contributed by atoms with Gasteiger partial charge in [0.15, 0.2) is 0 Å². The maximum atomic E-state index is 11.6. The van der Waals surface area contributed by atoms with Crippen LogP contribution in [0.1, 0.15) is 41.0 Å². The highest BCUT2D eigenvalue weighted by atomic mass is 16.5. The summed E-state index contributed by atoms with van der Waals surface area (Å²) in [7, 11) is 0. The number of hydrogen-bond donors (Lipinski definition) is 1. The molecular formula is C13H27NO3. The zero-order valence-electron chi connectivity index (χ0n) is 11.8. The molecule has 0 aliphatic rings. The lowest BCUT2D eigenvalue weighted by Gasteiger charge is -2.20. The van der Waals surface area contributed by atoms with Gasteiger partial charge in [-0.2, -0.15) is 0 Å². The minimum Gasteiger partial charge on any atom is -0.465 e. The SMILES string of the molecule is CCNC(CCOC(C)C(C)C)C(=O)OCC. The van der Waals surface area contributed by atoms with Crippen LogP contribution in [-0.4, -0.2) is 37.9 Å². The van der Waals surface area contributed by atoms with Gasteiger partial charge in [0.1, 0.15) is 6.04 Å². The number of esters is 1. The molecule has 0 aliphatic carbocycles. The molecule has 0 saturated carbocycles. The average molecular weight is 245 g/mol. The monoisotopic (exact) mass is 245 g/mol. The molecule has 2 unspecified atom stereocenters. The number of hydrogen-bond acceptors (Lipinski definition) is 4. The van der Waals surface area contributed by atoms with Crippen LogP contribution in [0.3, 0.4) is 0 Å². The molecular weight excluding hydrogens is 218 g/mol. The molecule has 0 aromatic rings. The Morgan fingerprint density at radius 1 is 1.24 bits per heavy atom. The van der Waals surface area contributed by atoms with E-state index < -0.39 is 0 Å². The van der Waals surface area contributed by atoms with Crippen LogP contribution in [0.2, 0.25) is 0 Å². The maximum Gasteiger partial charge on any atom is 0.323 e. The Morgan fingerprint density at radius 2 is 1.88 bits per heavy atom. The fourth-order valence-corrected chi connectivity index (χ4v) is 1.36. The van der Waals surface area contributed by atoms with Crippen molar-refractivity contribution in [1.82, 2.24) is 5.32 Å². The average Bonchev–Trinajstić information content (AvgIpc) is 2.27. The molecule has 0 radical (unpaired) electrons. The molecule has 4 heteroatoms. The minimum absolute atomic E-state index is 0.185. The van der Waals surface area contributed by atoms with Crippen LogP contribution in [0.5, 0.6) is 0 Å². The molecule has 0 aromatic carbocycles. The van der Waals surface area contributed by atoms with E-state index in [0.717, 1.165) is 6.54 Å². The van der Waals surface area contributed by atoms with Crippen molar-refractivity contribution in [3.8, 4) is 0 Å². The summed E-state index contributed by atoms with van der Waals surface area (Å²) in [5, 5.41) is 3.12. The second-order valence-corrected chi connectivity index (χ2v) is 4.47. The minimum atomic E-state index is -0.251. The number of nitrogens with one attached hydrogen (secondary N) is 1. The van der Waals surface area contributed by atoms with Crippen molar-refractivity contribution in [2.45, 2.75) is 53.2 Å². The molecule has 17 heavy (non-hydrogen) atoms. The molecule has 0 rings (SSSR count). The van der Waals surface area contributed by atoms with E-state index in [1.165, 1.54) is 0 Å². The van der Waals surface area contributed by atoms with E-state index in [4.69, 9.17) is 9.47 Å². The van der Waals surface area contributed by atoms with Gasteiger partial charge in [0, 0.05) is 6.61 Å². The van der Waals surface area contributed by atoms with Crippen LogP contribution in [0.15, 0.2) is 0 Å². The molecule has 1 N–H and O–H groups in total. The lowest BCUT2D eigenvalue weighted by atomic mass is 10.1. The van der Waals surface area contributed by atoms with Crippen LogP contribution < -0.4 is 5.32 Å². The van der Waals surface area contributed by atoms with Crippen LogP contribution in [0, 0.1) is 5.92 Å². The summed E-state index contributed by atoms with van der Waals surface area (Å²) < 4.78 is 10.7. The molecule has 0 bridgehead atoms. The Bertz CT molecular complexity index is 207. The third kappa shape index (κ3) is 7.34. The first kappa shape index (κ1) is 16.4. The Balaban J connectivity index is 3.96. The molecule has 2 atom stereocenters. The zero-order chi connectivity index (χ0) is 13.3. The van der Waals surface area contributed by atoms with Crippen molar-refractivity contribution in [1.29, 1.82) is 0 Å². The fourth-order valence-electron chi connectivity index (χ4n) is 1.36. The first-order valence-electron chi connectivity index (χ1n) is 6.54. The summed E-state index contributed by atoms with van der Waals surface area (Å²) in [5.74, 6) is 0.310. The van der Waals surface area contributed by atoms with Crippen LogP contribution in [0.4, 0.5) is 0 Å². The Morgan fingerprint density at radius 3 is 2.35 bits per heavy atom. The van der Waals surface area contributed by atoms with E-state index in [1.807, 2.05) is 13.8 Å². The molecule has 0 heterocycles. The van der Waals surface area contributed by atoms with Crippen molar-refractivity contribution < 1.29 is 14.3 Å². The lowest BCUT2D eigenvalue weighted by Crippen LogP contribution is -2.39. The lowest BCUT2D eigenvalue weighted by molar-refractivity contribution is -0.146. The predicted octanol–water partition coefficient (Wildman–Crippen LogP) is 1.98. The maximum absolute atomic E-state index is 11.6. The van der Waals surface area contributed by atoms with Gasteiger partial charge in [0.05, 0.1) is 12.7 Å². The Hall–Kier alpha value is -0.610. The van der Waals surface area contributed by atoms with Crippen molar-refractivity contribution >= 4 is 5.97 Å². The van der Waals surface area contributed by atoms with Gasteiger partial charge < -0.3 is 14.8 Å². The summed E-state index contributed by atoms with van der Waals surface area (Å²) in [4.78, 5) is 11.6. The highest BCUT2D eigenvalue weighted by Gasteiger charge is 2.18. The van der Waals surface area contributed by atoms with E-state index in [-0.39, 0.29) is 18.1 Å². The molecule has 0 aromatic heterocycles. The van der Waals surface area contributed by atoms with Gasteiger partial charge in [-0.1, -0.05) is 20.8 Å². The molecule has 0 saturated heterocycles. The molecule has 0 amide bonds. The van der Waals surface area contributed by atoms with Crippen LogP contribution in [0.25, 0.3) is 0 Å². The Labute approximate surface area is 105 Å². The standard InChI is InChI=1S/C13H27NO3/c1-6-14-12(13(15)16-7-2)8-9-17-11(5)10(3)4/h10-12,14H,6-9H2,1-5H3. The highest BCUT2D eigenvalue weighted by molar-refractivity contribution is 5.75. The topological polar surface area (TPSA) is 47.6 Å². The summed E-state index contributed by atoms with van der Waals surface area (Å²) in [6.07, 6.45) is 0.878. The van der Waals surface area contributed by atoms with E-state index in [9.17, 15) is 4.79 Å². The van der Waals surface area contributed by atoms with Crippen molar-refractivity contribution in [2.24, 2.45) is 5.92 Å². The highest BCUT2D eigenvalue weighted by Crippen LogP contribution is 2.06. The van der Waals surface area contributed by atoms with Gasteiger partial charge >= 0.3 is 5.97 Å². The summed E-state index contributed by atoms with van der Waals surface area (Å²) in [5.41, 5.74) is 0. The first-order chi connectivity index (χ1) is 8.02. The van der Waals surface area contributed by atoms with Gasteiger partial charge in [-0.15, -0.1) is 0 Å². The number of ether oxygens (including phenoxy) is 2. The van der Waals surface area contributed by atoms with E-state index >= 15 is 0 Å². The normalized spacial score (nSPS) is 14.7. The molecule has 0 aliphatic heterocycles. The summed E-state index contributed by atoms with van der Waals surface area (Å²) in [6, 6.07) is -0.251. The van der Waals surface area contributed by atoms with Gasteiger partial charge in [-0.05, 0) is 32.7 Å². The van der Waals surface area contributed by atoms with E-state index in [0.29, 0.717) is 25.6 Å². The number of rotatable bonds is 9. The molecule has 4 nitrogen and oxygen atoms in total. The summed E-state index contributed by atoms with van der Waals surface area (Å²) in [6.45, 7) is 11.8. The second kappa shape index (κ2) is 9.42. The van der Waals surface area contributed by atoms with Crippen molar-refractivity contribution in [2.75, 3.05) is 19.8 Å². The number of carbonyl (C=O) groups is 1. The summed E-state index contributed by atoms with van der Waals surface area (Å²) >= 11 is 0. The van der Waals surface area contributed by atoms with Gasteiger partial charge in [0.25, 0.3) is 0 Å². The van der Waals surface area contributed by atoms with E-state index in [2.05, 4.69) is 26.1 Å². The molecule has 0 fully saturated rings. The zero-order valence-corrected chi connectivity index (χ0v) is 11.8. The molecule has 102 valence electrons. The largest absolute Gasteiger partial charge is 0.465 e. The number of likely N-dealkylation sites (N-methyl/N-ethyl adjacent to an activating group) is 1. The Kier molecular flexibility index (Phi) is 9.09. The smallest absolute Gasteiger partial charge is 0.323 e. The van der Waals surface area contributed by atoms with Gasteiger partial charge in [-0.3, -0.25) is 4.79 Å². The number of carbonyl (C=O) groups excluding carboxylic acids is 1. The quantitative estimate of drug-likeness (QED) is 0.631. The van der Waals surface area contributed by atoms with Gasteiger partial charge in [0.2, 0.25) is 0 Å². The van der Waals surface area contributed by atoms with Crippen LogP contribution in [-0.2, 0) is 14.3 Å². The predicted molar refractivity (Wildman–Crippen MR) is 69.0 cm³/mol. The van der Waals surface area contributed by atoms with Crippen molar-refractivity contribution in [3.05, 3.63) is 0 Å². The third-order valence-corrected chi connectivity index (χ3v) is 2.75. The fraction of sp³-hybridized carbons (Fsp3) is 0.923. The third-order valence-electron chi connectivity index (χ3n) is 2.75. The second-order valence-electron chi connectivity index (χ2n) is 4.47. The first-order valence-corrected chi connectivity index (χ1v) is 6.54. The van der Waals surface area contributed by atoms with Gasteiger partial charge in [-0.25, -0.2) is 0 Å². The molecule has 0 spiro atoms. The van der Waals surface area contributed by atoms with Crippen LogP contribution >= 0.6 is 0 Å².